The Hall–Kier alpha value is -1.09. The zero-order chi connectivity index (χ0) is 11.8. The summed E-state index contributed by atoms with van der Waals surface area (Å²) in [5.41, 5.74) is 0. The summed E-state index contributed by atoms with van der Waals surface area (Å²) in [6, 6.07) is 5.18. The van der Waals surface area contributed by atoms with Crippen molar-refractivity contribution in [3.63, 3.8) is 0 Å². The van der Waals surface area contributed by atoms with E-state index < -0.39 is 0 Å². The van der Waals surface area contributed by atoms with Crippen LogP contribution in [0.15, 0.2) is 18.2 Å². The molecular weight excluding hydrogens is 224 g/mol. The minimum absolute atomic E-state index is 0.00543. The molecule has 0 aliphatic heterocycles. The Balaban J connectivity index is 2.29. The van der Waals surface area contributed by atoms with E-state index in [1.54, 1.807) is 18.2 Å². The molecule has 4 heteroatoms. The zero-order valence-corrected chi connectivity index (χ0v) is 10.3. The number of carbonyl (C=O) groups is 1. The van der Waals surface area contributed by atoms with Crippen LogP contribution in [0.4, 0.5) is 5.82 Å². The van der Waals surface area contributed by atoms with Crippen LogP contribution in [0.3, 0.4) is 0 Å². The third-order valence-corrected chi connectivity index (χ3v) is 2.45. The van der Waals surface area contributed by atoms with E-state index in [9.17, 15) is 4.79 Å². The molecule has 88 valence electrons. The van der Waals surface area contributed by atoms with Crippen LogP contribution < -0.4 is 5.32 Å². The monoisotopic (exact) mass is 240 g/mol. The molecule has 0 saturated carbocycles. The van der Waals surface area contributed by atoms with E-state index in [1.165, 1.54) is 12.8 Å². The normalized spacial score (nSPS) is 10.1. The average Bonchev–Trinajstić information content (AvgIpc) is 2.24. The van der Waals surface area contributed by atoms with E-state index in [0.717, 1.165) is 12.8 Å². The van der Waals surface area contributed by atoms with E-state index in [1.807, 2.05) is 0 Å². The van der Waals surface area contributed by atoms with Gasteiger partial charge in [0.25, 0.3) is 0 Å². The van der Waals surface area contributed by atoms with Gasteiger partial charge >= 0.3 is 0 Å². The van der Waals surface area contributed by atoms with Crippen LogP contribution in [-0.2, 0) is 4.79 Å². The zero-order valence-electron chi connectivity index (χ0n) is 9.50. The number of nitrogens with one attached hydrogen (secondary N) is 1. The molecule has 1 aromatic rings. The molecule has 0 aliphatic rings. The highest BCUT2D eigenvalue weighted by molar-refractivity contribution is 6.29. The van der Waals surface area contributed by atoms with Gasteiger partial charge in [0.2, 0.25) is 5.91 Å². The van der Waals surface area contributed by atoms with Gasteiger partial charge in [-0.25, -0.2) is 4.98 Å². The van der Waals surface area contributed by atoms with Gasteiger partial charge in [0.15, 0.2) is 0 Å². The highest BCUT2D eigenvalue weighted by atomic mass is 35.5. The molecule has 0 radical (unpaired) electrons. The molecule has 0 fully saturated rings. The van der Waals surface area contributed by atoms with Gasteiger partial charge in [-0.15, -0.1) is 0 Å². The first-order chi connectivity index (χ1) is 7.72. The van der Waals surface area contributed by atoms with E-state index in [-0.39, 0.29) is 5.91 Å². The summed E-state index contributed by atoms with van der Waals surface area (Å²) >= 11 is 5.71. The van der Waals surface area contributed by atoms with Crippen LogP contribution >= 0.6 is 11.6 Å². The largest absolute Gasteiger partial charge is 0.311 e. The van der Waals surface area contributed by atoms with Gasteiger partial charge in [0.1, 0.15) is 11.0 Å². The van der Waals surface area contributed by atoms with Gasteiger partial charge < -0.3 is 5.32 Å². The number of halogens is 1. The fourth-order valence-electron chi connectivity index (χ4n) is 1.40. The van der Waals surface area contributed by atoms with E-state index >= 15 is 0 Å². The quantitative estimate of drug-likeness (QED) is 0.609. The topological polar surface area (TPSA) is 42.0 Å². The Kier molecular flexibility index (Phi) is 5.86. The fraction of sp³-hybridized carbons (Fsp3) is 0.500. The molecule has 16 heavy (non-hydrogen) atoms. The molecule has 1 N–H and O–H groups in total. The molecule has 0 saturated heterocycles. The van der Waals surface area contributed by atoms with Crippen molar-refractivity contribution >= 4 is 23.3 Å². The van der Waals surface area contributed by atoms with Crippen molar-refractivity contribution in [3.8, 4) is 0 Å². The average molecular weight is 241 g/mol. The molecule has 0 unspecified atom stereocenters. The van der Waals surface area contributed by atoms with Gasteiger partial charge in [-0.3, -0.25) is 4.79 Å². The van der Waals surface area contributed by atoms with Crippen molar-refractivity contribution in [2.75, 3.05) is 5.32 Å². The second kappa shape index (κ2) is 7.23. The number of aromatic nitrogens is 1. The maximum atomic E-state index is 11.5. The molecule has 0 aliphatic carbocycles. The smallest absolute Gasteiger partial charge is 0.225 e. The number of hydrogen-bond donors (Lipinski definition) is 1. The van der Waals surface area contributed by atoms with Crippen molar-refractivity contribution < 1.29 is 4.79 Å². The number of rotatable bonds is 6. The summed E-state index contributed by atoms with van der Waals surface area (Å²) in [6.07, 6.45) is 4.95. The van der Waals surface area contributed by atoms with E-state index in [0.29, 0.717) is 17.4 Å². The van der Waals surface area contributed by atoms with Crippen molar-refractivity contribution in [2.45, 2.75) is 39.0 Å². The summed E-state index contributed by atoms with van der Waals surface area (Å²) in [5, 5.41) is 3.12. The number of pyridine rings is 1. The van der Waals surface area contributed by atoms with Crippen LogP contribution in [0.1, 0.15) is 39.0 Å². The first-order valence-corrected chi connectivity index (χ1v) is 6.02. The molecule has 0 atom stereocenters. The minimum atomic E-state index is 0.00543. The Morgan fingerprint density at radius 1 is 1.38 bits per heavy atom. The summed E-state index contributed by atoms with van der Waals surface area (Å²) in [6.45, 7) is 2.15. The maximum Gasteiger partial charge on any atom is 0.225 e. The lowest BCUT2D eigenvalue weighted by Crippen LogP contribution is -2.12. The lowest BCUT2D eigenvalue weighted by atomic mass is 10.1. The molecule has 1 rings (SSSR count). The Bertz CT molecular complexity index is 342. The van der Waals surface area contributed by atoms with Crippen LogP contribution in [0.5, 0.6) is 0 Å². The number of anilines is 1. The first kappa shape index (κ1) is 13.0. The van der Waals surface area contributed by atoms with Crippen molar-refractivity contribution in [1.29, 1.82) is 0 Å². The van der Waals surface area contributed by atoms with Gasteiger partial charge in [0.05, 0.1) is 0 Å². The van der Waals surface area contributed by atoms with Gasteiger partial charge in [-0.1, -0.05) is 43.9 Å². The standard InChI is InChI=1S/C12H17ClN2O/c1-2-3-4-5-9-12(16)15-11-8-6-7-10(13)14-11/h6-8H,2-5,9H2,1H3,(H,14,15,16). The Labute approximate surface area is 101 Å². The molecule has 1 aromatic heterocycles. The second-order valence-electron chi connectivity index (χ2n) is 3.70. The number of amides is 1. The fourth-order valence-corrected chi connectivity index (χ4v) is 1.56. The van der Waals surface area contributed by atoms with Crippen LogP contribution in [0, 0.1) is 0 Å². The van der Waals surface area contributed by atoms with Gasteiger partial charge in [0, 0.05) is 6.42 Å². The Morgan fingerprint density at radius 3 is 2.88 bits per heavy atom. The summed E-state index contributed by atoms with van der Waals surface area (Å²) in [7, 11) is 0. The van der Waals surface area contributed by atoms with Crippen molar-refractivity contribution in [2.24, 2.45) is 0 Å². The number of nitrogens with zero attached hydrogens (tertiary/aromatic N) is 1. The van der Waals surface area contributed by atoms with E-state index in [2.05, 4.69) is 17.2 Å². The third-order valence-electron chi connectivity index (χ3n) is 2.24. The predicted octanol–water partition coefficient (Wildman–Crippen LogP) is 3.64. The highest BCUT2D eigenvalue weighted by Gasteiger charge is 2.02. The minimum Gasteiger partial charge on any atom is -0.311 e. The lowest BCUT2D eigenvalue weighted by molar-refractivity contribution is -0.116. The molecular formula is C12H17ClN2O. The van der Waals surface area contributed by atoms with Crippen LogP contribution in [0.25, 0.3) is 0 Å². The second-order valence-corrected chi connectivity index (χ2v) is 4.09. The van der Waals surface area contributed by atoms with Crippen molar-refractivity contribution in [3.05, 3.63) is 23.4 Å². The summed E-state index contributed by atoms with van der Waals surface area (Å²) in [5.74, 6) is 0.527. The molecule has 0 bridgehead atoms. The van der Waals surface area contributed by atoms with Crippen LogP contribution in [-0.4, -0.2) is 10.9 Å². The van der Waals surface area contributed by atoms with Crippen LogP contribution in [0.2, 0.25) is 5.15 Å². The van der Waals surface area contributed by atoms with E-state index in [4.69, 9.17) is 11.6 Å². The number of unbranched alkanes of at least 4 members (excludes halogenated alkanes) is 3. The predicted molar refractivity (Wildman–Crippen MR) is 66.6 cm³/mol. The lowest BCUT2D eigenvalue weighted by Gasteiger charge is -2.04. The van der Waals surface area contributed by atoms with Crippen molar-refractivity contribution in [1.82, 2.24) is 4.98 Å². The molecule has 1 amide bonds. The number of carbonyl (C=O) groups excluding carboxylic acids is 1. The number of hydrogen-bond acceptors (Lipinski definition) is 2. The summed E-state index contributed by atoms with van der Waals surface area (Å²) in [4.78, 5) is 15.5. The Morgan fingerprint density at radius 2 is 2.19 bits per heavy atom. The molecule has 3 nitrogen and oxygen atoms in total. The molecule has 1 heterocycles. The van der Waals surface area contributed by atoms with Gasteiger partial charge in [-0.2, -0.15) is 0 Å². The molecule has 0 spiro atoms. The van der Waals surface area contributed by atoms with Gasteiger partial charge in [-0.05, 0) is 18.6 Å². The highest BCUT2D eigenvalue weighted by Crippen LogP contribution is 2.10. The first-order valence-electron chi connectivity index (χ1n) is 5.64. The maximum absolute atomic E-state index is 11.5. The summed E-state index contributed by atoms with van der Waals surface area (Å²) < 4.78 is 0. The molecule has 0 aromatic carbocycles. The third kappa shape index (κ3) is 5.12. The SMILES string of the molecule is CCCCCCC(=O)Nc1cccc(Cl)n1.